The molecule has 0 radical (unpaired) electrons. The first kappa shape index (κ1) is 22.3. The molecular weight excluding hydrogens is 352 g/mol. The lowest BCUT2D eigenvalue weighted by atomic mass is 10.1. The van der Waals surface area contributed by atoms with Crippen LogP contribution >= 0.6 is 0 Å². The Balaban J connectivity index is 1.93. The zero-order valence-electron chi connectivity index (χ0n) is 18.0. The Bertz CT molecular complexity index is 577. The SMILES string of the molecule is CC/C=C/C[C@H]1O[C@@H](COCc2ccccc2)C[C@H]1O[Si](C)(C)C(C)(C)C. The van der Waals surface area contributed by atoms with E-state index < -0.39 is 8.32 Å². The van der Waals surface area contributed by atoms with Crippen LogP contribution in [0.25, 0.3) is 0 Å². The number of rotatable bonds is 9. The standard InChI is InChI=1S/C23H38O3Si/c1-7-8-10-15-21-22(26-27(5,6)23(2,3)4)16-20(25-21)18-24-17-19-13-11-9-12-14-19/h8-14,20-22H,7,15-18H2,1-6H3/b10-8+/t20-,21-,22-/m1/s1. The van der Waals surface area contributed by atoms with Gasteiger partial charge in [0, 0.05) is 6.42 Å². The summed E-state index contributed by atoms with van der Waals surface area (Å²) in [5, 5.41) is 0.207. The Morgan fingerprint density at radius 2 is 1.85 bits per heavy atom. The van der Waals surface area contributed by atoms with E-state index in [1.165, 1.54) is 5.56 Å². The summed E-state index contributed by atoms with van der Waals surface area (Å²) in [6.45, 7) is 15.0. The first-order valence-electron chi connectivity index (χ1n) is 10.3. The average Bonchev–Trinajstić information content (AvgIpc) is 2.96. The molecule has 4 heteroatoms. The highest BCUT2D eigenvalue weighted by molar-refractivity contribution is 6.74. The third-order valence-corrected chi connectivity index (χ3v) is 10.2. The molecule has 1 aliphatic rings. The highest BCUT2D eigenvalue weighted by Crippen LogP contribution is 2.40. The molecule has 1 fully saturated rings. The molecule has 3 nitrogen and oxygen atoms in total. The Morgan fingerprint density at radius 1 is 1.15 bits per heavy atom. The summed E-state index contributed by atoms with van der Waals surface area (Å²) in [7, 11) is -1.82. The van der Waals surface area contributed by atoms with Crippen molar-refractivity contribution >= 4 is 8.32 Å². The first-order chi connectivity index (χ1) is 12.7. The normalized spacial score (nSPS) is 24.0. The van der Waals surface area contributed by atoms with Crippen LogP contribution in [0.3, 0.4) is 0 Å². The van der Waals surface area contributed by atoms with Crippen LogP contribution < -0.4 is 0 Å². The van der Waals surface area contributed by atoms with Gasteiger partial charge in [-0.2, -0.15) is 0 Å². The van der Waals surface area contributed by atoms with E-state index in [0.717, 1.165) is 19.3 Å². The second kappa shape index (κ2) is 10.0. The summed E-state index contributed by atoms with van der Waals surface area (Å²) >= 11 is 0. The fourth-order valence-corrected chi connectivity index (χ4v) is 4.43. The molecule has 0 amide bonds. The van der Waals surface area contributed by atoms with E-state index in [1.54, 1.807) is 0 Å². The molecule has 1 aromatic rings. The Kier molecular flexibility index (Phi) is 8.29. The van der Waals surface area contributed by atoms with Gasteiger partial charge in [-0.05, 0) is 36.5 Å². The zero-order valence-corrected chi connectivity index (χ0v) is 19.0. The van der Waals surface area contributed by atoms with Crippen molar-refractivity contribution in [2.45, 2.75) is 90.0 Å². The Labute approximate surface area is 167 Å². The summed E-state index contributed by atoms with van der Waals surface area (Å²) in [6.07, 6.45) is 7.76. The van der Waals surface area contributed by atoms with Crippen LogP contribution in [0.15, 0.2) is 42.5 Å². The lowest BCUT2D eigenvalue weighted by Gasteiger charge is -2.39. The molecule has 0 bridgehead atoms. The number of hydrogen-bond acceptors (Lipinski definition) is 3. The van der Waals surface area contributed by atoms with Crippen LogP contribution in [0.5, 0.6) is 0 Å². The molecule has 1 aromatic carbocycles. The molecule has 1 aliphatic heterocycles. The summed E-state index contributed by atoms with van der Waals surface area (Å²) in [4.78, 5) is 0. The second-order valence-electron chi connectivity index (χ2n) is 9.06. The van der Waals surface area contributed by atoms with Gasteiger partial charge in [0.1, 0.15) is 0 Å². The number of allylic oxidation sites excluding steroid dienone is 1. The molecule has 0 aliphatic carbocycles. The summed E-state index contributed by atoms with van der Waals surface area (Å²) in [5.41, 5.74) is 1.20. The van der Waals surface area contributed by atoms with E-state index in [9.17, 15) is 0 Å². The van der Waals surface area contributed by atoms with E-state index in [2.05, 4.69) is 65.1 Å². The average molecular weight is 391 g/mol. The van der Waals surface area contributed by atoms with Gasteiger partial charge >= 0.3 is 0 Å². The number of ether oxygens (including phenoxy) is 2. The quantitative estimate of drug-likeness (QED) is 0.376. The smallest absolute Gasteiger partial charge is 0.192 e. The van der Waals surface area contributed by atoms with Gasteiger partial charge in [-0.3, -0.25) is 0 Å². The van der Waals surface area contributed by atoms with Gasteiger partial charge in [-0.1, -0.05) is 70.2 Å². The zero-order chi connectivity index (χ0) is 19.9. The van der Waals surface area contributed by atoms with Crippen molar-refractivity contribution in [2.75, 3.05) is 6.61 Å². The summed E-state index contributed by atoms with van der Waals surface area (Å²) < 4.78 is 19.0. The van der Waals surface area contributed by atoms with Crippen molar-refractivity contribution < 1.29 is 13.9 Å². The minimum absolute atomic E-state index is 0.114. The molecule has 27 heavy (non-hydrogen) atoms. The van der Waals surface area contributed by atoms with Crippen molar-refractivity contribution in [3.8, 4) is 0 Å². The maximum absolute atomic E-state index is 6.73. The molecule has 2 rings (SSSR count). The van der Waals surface area contributed by atoms with E-state index >= 15 is 0 Å². The highest BCUT2D eigenvalue weighted by Gasteiger charge is 2.44. The largest absolute Gasteiger partial charge is 0.411 e. The maximum atomic E-state index is 6.73. The van der Waals surface area contributed by atoms with Gasteiger partial charge in [0.25, 0.3) is 0 Å². The first-order valence-corrected chi connectivity index (χ1v) is 13.2. The molecule has 1 saturated heterocycles. The molecule has 0 saturated carbocycles. The minimum atomic E-state index is -1.82. The number of hydrogen-bond donors (Lipinski definition) is 0. The van der Waals surface area contributed by atoms with Gasteiger partial charge < -0.3 is 13.9 Å². The predicted octanol–water partition coefficient (Wildman–Crippen LogP) is 6.11. The van der Waals surface area contributed by atoms with Gasteiger partial charge in [-0.15, -0.1) is 0 Å². The van der Waals surface area contributed by atoms with Crippen molar-refractivity contribution in [3.05, 3.63) is 48.0 Å². The molecular formula is C23H38O3Si. The molecule has 3 atom stereocenters. The third-order valence-electron chi connectivity index (χ3n) is 5.72. The molecule has 0 spiro atoms. The van der Waals surface area contributed by atoms with Crippen LogP contribution in [-0.4, -0.2) is 33.2 Å². The third kappa shape index (κ3) is 6.86. The van der Waals surface area contributed by atoms with Crippen molar-refractivity contribution in [1.29, 1.82) is 0 Å². The van der Waals surface area contributed by atoms with Crippen molar-refractivity contribution in [2.24, 2.45) is 0 Å². The predicted molar refractivity (Wildman–Crippen MR) is 115 cm³/mol. The van der Waals surface area contributed by atoms with Crippen LogP contribution in [0.4, 0.5) is 0 Å². The lowest BCUT2D eigenvalue weighted by molar-refractivity contribution is -0.0284. The summed E-state index contributed by atoms with van der Waals surface area (Å²) in [6, 6.07) is 10.3. The molecule has 0 N–H and O–H groups in total. The van der Waals surface area contributed by atoms with Crippen LogP contribution in [-0.2, 0) is 20.5 Å². The maximum Gasteiger partial charge on any atom is 0.192 e. The topological polar surface area (TPSA) is 27.7 Å². The fraction of sp³-hybridized carbons (Fsp3) is 0.652. The van der Waals surface area contributed by atoms with E-state index in [-0.39, 0.29) is 23.4 Å². The van der Waals surface area contributed by atoms with E-state index in [1.807, 2.05) is 18.2 Å². The molecule has 1 heterocycles. The molecule has 0 aromatic heterocycles. The van der Waals surface area contributed by atoms with Gasteiger partial charge in [0.15, 0.2) is 8.32 Å². The molecule has 0 unspecified atom stereocenters. The summed E-state index contributed by atoms with van der Waals surface area (Å²) in [5.74, 6) is 0. The second-order valence-corrected chi connectivity index (χ2v) is 13.8. The Morgan fingerprint density at radius 3 is 2.48 bits per heavy atom. The van der Waals surface area contributed by atoms with E-state index in [4.69, 9.17) is 13.9 Å². The highest BCUT2D eigenvalue weighted by atomic mass is 28.4. The van der Waals surface area contributed by atoms with Crippen LogP contribution in [0.2, 0.25) is 18.1 Å². The van der Waals surface area contributed by atoms with Crippen LogP contribution in [0.1, 0.15) is 52.5 Å². The number of benzene rings is 1. The monoisotopic (exact) mass is 390 g/mol. The van der Waals surface area contributed by atoms with Gasteiger partial charge in [-0.25, -0.2) is 0 Å². The van der Waals surface area contributed by atoms with Crippen LogP contribution in [0, 0.1) is 0 Å². The minimum Gasteiger partial charge on any atom is -0.411 e. The van der Waals surface area contributed by atoms with Crippen molar-refractivity contribution in [3.63, 3.8) is 0 Å². The van der Waals surface area contributed by atoms with E-state index in [0.29, 0.717) is 13.2 Å². The molecule has 152 valence electrons. The van der Waals surface area contributed by atoms with Gasteiger partial charge in [0.2, 0.25) is 0 Å². The Hall–Kier alpha value is -0.943. The van der Waals surface area contributed by atoms with Gasteiger partial charge in [0.05, 0.1) is 31.5 Å². The lowest BCUT2D eigenvalue weighted by Crippen LogP contribution is -2.45. The van der Waals surface area contributed by atoms with Crippen molar-refractivity contribution in [1.82, 2.24) is 0 Å². The fourth-order valence-electron chi connectivity index (χ4n) is 3.07.